The summed E-state index contributed by atoms with van der Waals surface area (Å²) in [5.74, 6) is 2.25. The van der Waals surface area contributed by atoms with E-state index in [1.807, 2.05) is 40.9 Å². The first-order chi connectivity index (χ1) is 11.9. The van der Waals surface area contributed by atoms with Crippen molar-refractivity contribution in [3.8, 4) is 5.75 Å². The van der Waals surface area contributed by atoms with Crippen molar-refractivity contribution in [3.05, 3.63) is 54.7 Å². The Morgan fingerprint density at radius 1 is 1.21 bits per heavy atom. The molecule has 8 heteroatoms. The molecule has 0 unspecified atom stereocenters. The minimum Gasteiger partial charge on any atom is -0.490 e. The number of ether oxygens (including phenoxy) is 1. The lowest BCUT2D eigenvalue weighted by Gasteiger charge is -2.11. The van der Waals surface area contributed by atoms with Gasteiger partial charge in [0.2, 0.25) is 0 Å². The zero-order valence-corrected chi connectivity index (χ0v) is 13.4. The van der Waals surface area contributed by atoms with Crippen LogP contribution in [0.3, 0.4) is 0 Å². The van der Waals surface area contributed by atoms with Crippen LogP contribution < -0.4 is 15.4 Å². The van der Waals surface area contributed by atoms with E-state index < -0.39 is 0 Å². The summed E-state index contributed by atoms with van der Waals surface area (Å²) in [4.78, 5) is 8.18. The summed E-state index contributed by atoms with van der Waals surface area (Å²) >= 11 is 0. The lowest BCUT2D eigenvalue weighted by Crippen LogP contribution is -2.39. The smallest absolute Gasteiger partial charge is 0.191 e. The first-order valence-electron chi connectivity index (χ1n) is 7.63. The normalized spacial score (nSPS) is 11.5. The van der Waals surface area contributed by atoms with E-state index >= 15 is 0 Å². The van der Waals surface area contributed by atoms with Crippen molar-refractivity contribution >= 4 is 11.6 Å². The van der Waals surface area contributed by atoms with Crippen LogP contribution in [0.5, 0.6) is 5.75 Å². The molecule has 0 spiro atoms. The molecule has 2 N–H and O–H groups in total. The van der Waals surface area contributed by atoms with Gasteiger partial charge >= 0.3 is 0 Å². The van der Waals surface area contributed by atoms with Crippen LogP contribution in [0.15, 0.2) is 53.9 Å². The molecule has 0 saturated heterocycles. The fourth-order valence-corrected chi connectivity index (χ4v) is 2.17. The lowest BCUT2D eigenvalue weighted by atomic mass is 10.4. The van der Waals surface area contributed by atoms with E-state index in [0.29, 0.717) is 25.7 Å². The lowest BCUT2D eigenvalue weighted by molar-refractivity contribution is 0.320. The molecule has 3 aromatic heterocycles. The molecule has 0 aliphatic rings. The van der Waals surface area contributed by atoms with Gasteiger partial charge in [0.15, 0.2) is 17.4 Å². The summed E-state index contributed by atoms with van der Waals surface area (Å²) in [7, 11) is 1.72. The predicted octanol–water partition coefficient (Wildman–Crippen LogP) is 0.868. The average Bonchev–Trinajstić information content (AvgIpc) is 3.05. The molecule has 0 atom stereocenters. The maximum absolute atomic E-state index is 5.57. The molecular formula is C16H19N7O. The maximum atomic E-state index is 5.57. The summed E-state index contributed by atoms with van der Waals surface area (Å²) in [5, 5.41) is 14.7. The van der Waals surface area contributed by atoms with Crippen molar-refractivity contribution in [2.45, 2.75) is 6.54 Å². The number of hydrogen-bond acceptors (Lipinski definition) is 5. The summed E-state index contributed by atoms with van der Waals surface area (Å²) in [6, 6.07) is 9.51. The summed E-state index contributed by atoms with van der Waals surface area (Å²) in [6.07, 6.45) is 5.33. The molecule has 0 radical (unpaired) electrons. The maximum Gasteiger partial charge on any atom is 0.191 e. The minimum absolute atomic E-state index is 0.514. The summed E-state index contributed by atoms with van der Waals surface area (Å²) in [5.41, 5.74) is 0.821. The van der Waals surface area contributed by atoms with Crippen molar-refractivity contribution in [1.29, 1.82) is 0 Å². The highest BCUT2D eigenvalue weighted by atomic mass is 16.5. The van der Waals surface area contributed by atoms with E-state index in [9.17, 15) is 0 Å². The second-order valence-electron chi connectivity index (χ2n) is 4.93. The number of guanidine groups is 1. The van der Waals surface area contributed by atoms with Crippen molar-refractivity contribution in [2.24, 2.45) is 4.99 Å². The van der Waals surface area contributed by atoms with Gasteiger partial charge in [0.25, 0.3) is 0 Å². The molecule has 24 heavy (non-hydrogen) atoms. The van der Waals surface area contributed by atoms with Crippen LogP contribution in [-0.2, 0) is 6.54 Å². The van der Waals surface area contributed by atoms with Crippen LogP contribution in [0.2, 0.25) is 0 Å². The Kier molecular flexibility index (Phi) is 5.18. The van der Waals surface area contributed by atoms with Gasteiger partial charge in [-0.15, -0.1) is 10.2 Å². The van der Waals surface area contributed by atoms with Crippen molar-refractivity contribution < 1.29 is 4.74 Å². The highest BCUT2D eigenvalue weighted by Gasteiger charge is 2.05. The van der Waals surface area contributed by atoms with E-state index in [1.54, 1.807) is 19.4 Å². The number of fused-ring (bicyclic) bond motifs is 1. The molecule has 0 amide bonds. The van der Waals surface area contributed by atoms with Crippen LogP contribution >= 0.6 is 0 Å². The molecule has 0 aromatic carbocycles. The van der Waals surface area contributed by atoms with E-state index in [4.69, 9.17) is 4.74 Å². The van der Waals surface area contributed by atoms with E-state index in [1.165, 1.54) is 0 Å². The minimum atomic E-state index is 0.514. The second-order valence-corrected chi connectivity index (χ2v) is 4.93. The Bertz CT molecular complexity index is 800. The van der Waals surface area contributed by atoms with E-state index in [0.717, 1.165) is 17.2 Å². The van der Waals surface area contributed by atoms with Gasteiger partial charge in [0.05, 0.1) is 19.3 Å². The molecular weight excluding hydrogens is 306 g/mol. The third-order valence-electron chi connectivity index (χ3n) is 3.32. The number of nitrogens with zero attached hydrogens (tertiary/aromatic N) is 5. The summed E-state index contributed by atoms with van der Waals surface area (Å²) < 4.78 is 7.51. The van der Waals surface area contributed by atoms with Gasteiger partial charge in [0, 0.05) is 19.4 Å². The third-order valence-corrected chi connectivity index (χ3v) is 3.32. The van der Waals surface area contributed by atoms with Crippen molar-refractivity contribution in [1.82, 2.24) is 30.2 Å². The van der Waals surface area contributed by atoms with Gasteiger partial charge in [-0.3, -0.25) is 14.4 Å². The van der Waals surface area contributed by atoms with Gasteiger partial charge < -0.3 is 15.4 Å². The molecule has 0 bridgehead atoms. The first-order valence-corrected chi connectivity index (χ1v) is 7.63. The van der Waals surface area contributed by atoms with Gasteiger partial charge in [-0.05, 0) is 24.3 Å². The van der Waals surface area contributed by atoms with Gasteiger partial charge in [-0.2, -0.15) is 0 Å². The Labute approximate surface area is 139 Å². The van der Waals surface area contributed by atoms with Crippen LogP contribution in [0.4, 0.5) is 0 Å². The van der Waals surface area contributed by atoms with Crippen LogP contribution in [0, 0.1) is 0 Å². The number of hydrogen-bond donors (Lipinski definition) is 2. The Balaban J connectivity index is 1.45. The Morgan fingerprint density at radius 3 is 3.00 bits per heavy atom. The monoisotopic (exact) mass is 325 g/mol. The molecule has 0 aliphatic heterocycles. The molecule has 3 rings (SSSR count). The van der Waals surface area contributed by atoms with E-state index in [-0.39, 0.29) is 0 Å². The second kappa shape index (κ2) is 7.91. The zero-order valence-electron chi connectivity index (χ0n) is 13.4. The fourth-order valence-electron chi connectivity index (χ4n) is 2.17. The van der Waals surface area contributed by atoms with E-state index in [2.05, 4.69) is 30.8 Å². The number of rotatable bonds is 6. The first kappa shape index (κ1) is 15.7. The van der Waals surface area contributed by atoms with Crippen molar-refractivity contribution in [3.63, 3.8) is 0 Å². The van der Waals surface area contributed by atoms with Crippen LogP contribution in [-0.4, -0.2) is 45.7 Å². The molecule has 0 saturated carbocycles. The standard InChI is InChI=1S/C16H19N7O/c1-17-16(19-8-10-24-13-5-4-7-18-11-13)20-12-15-22-21-14-6-2-3-9-23(14)15/h2-7,9,11H,8,10,12H2,1H3,(H2,17,19,20). The molecule has 0 aliphatic carbocycles. The highest BCUT2D eigenvalue weighted by Crippen LogP contribution is 2.05. The molecule has 0 fully saturated rings. The fraction of sp³-hybridized carbons (Fsp3) is 0.250. The number of aliphatic imine (C=N–C) groups is 1. The molecule has 124 valence electrons. The number of aromatic nitrogens is 4. The van der Waals surface area contributed by atoms with Gasteiger partial charge in [-0.25, -0.2) is 0 Å². The van der Waals surface area contributed by atoms with Gasteiger partial charge in [-0.1, -0.05) is 6.07 Å². The molecule has 3 heterocycles. The summed E-state index contributed by atoms with van der Waals surface area (Å²) in [6.45, 7) is 1.66. The Hall–Kier alpha value is -3.16. The van der Waals surface area contributed by atoms with Gasteiger partial charge in [0.1, 0.15) is 12.4 Å². The number of pyridine rings is 2. The molecule has 3 aromatic rings. The largest absolute Gasteiger partial charge is 0.490 e. The zero-order chi connectivity index (χ0) is 16.6. The van der Waals surface area contributed by atoms with Crippen LogP contribution in [0.25, 0.3) is 5.65 Å². The molecule has 8 nitrogen and oxygen atoms in total. The quantitative estimate of drug-likeness (QED) is 0.397. The number of nitrogens with one attached hydrogen (secondary N) is 2. The predicted molar refractivity (Wildman–Crippen MR) is 90.9 cm³/mol. The highest BCUT2D eigenvalue weighted by molar-refractivity contribution is 5.79. The third kappa shape index (κ3) is 3.97. The van der Waals surface area contributed by atoms with Crippen molar-refractivity contribution in [2.75, 3.05) is 20.2 Å². The Morgan fingerprint density at radius 2 is 2.17 bits per heavy atom. The SMILES string of the molecule is CN=C(NCCOc1cccnc1)NCc1nnc2ccccn12. The topological polar surface area (TPSA) is 88.7 Å². The average molecular weight is 325 g/mol. The van der Waals surface area contributed by atoms with Crippen LogP contribution in [0.1, 0.15) is 5.82 Å².